The number of hydrogen-bond acceptors (Lipinski definition) is 5. The van der Waals surface area contributed by atoms with Crippen LogP contribution in [-0.2, 0) is 14.3 Å². The van der Waals surface area contributed by atoms with Gasteiger partial charge >= 0.3 is 5.97 Å². The maximum Gasteiger partial charge on any atom is 0.320 e. The number of rotatable bonds is 2. The Kier molecular flexibility index (Phi) is 4.79. The van der Waals surface area contributed by atoms with Crippen molar-refractivity contribution >= 4 is 12.3 Å². The highest BCUT2D eigenvalue weighted by Gasteiger charge is 2.74. The Balaban J connectivity index is 1.99. The SMILES string of the molecule is C=C1[C@]2(C(=O)OC)C=C(C=O)C(O)[C@@]1(C)CC1[C@@]3(C)CC[C@H](O)C(C)(C)C3CC[C@]12C. The van der Waals surface area contributed by atoms with E-state index < -0.39 is 22.3 Å². The summed E-state index contributed by atoms with van der Waals surface area (Å²) < 4.78 is 5.37. The third-order valence-electron chi connectivity index (χ3n) is 10.7. The Morgan fingerprint density at radius 3 is 2.35 bits per heavy atom. The molecule has 2 N–H and O–H groups in total. The van der Waals surface area contributed by atoms with Gasteiger partial charge in [-0.15, -0.1) is 0 Å². The molecular weight excluding hydrogens is 392 g/mol. The van der Waals surface area contributed by atoms with Gasteiger partial charge in [0.15, 0.2) is 0 Å². The second-order valence-corrected chi connectivity index (χ2v) is 12.0. The van der Waals surface area contributed by atoms with E-state index in [9.17, 15) is 19.8 Å². The Morgan fingerprint density at radius 2 is 1.77 bits per heavy atom. The maximum absolute atomic E-state index is 13.6. The van der Waals surface area contributed by atoms with E-state index in [1.54, 1.807) is 6.08 Å². The summed E-state index contributed by atoms with van der Waals surface area (Å²) in [5.41, 5.74) is -1.85. The number of hydrogen-bond donors (Lipinski definition) is 2. The van der Waals surface area contributed by atoms with Crippen LogP contribution in [0.4, 0.5) is 0 Å². The summed E-state index contributed by atoms with van der Waals surface area (Å²) >= 11 is 0. The minimum atomic E-state index is -1.15. The van der Waals surface area contributed by atoms with E-state index in [1.165, 1.54) is 7.11 Å². The molecule has 4 rings (SSSR count). The number of carbonyl (C=O) groups excluding carboxylic acids is 2. The highest BCUT2D eigenvalue weighted by molar-refractivity contribution is 5.90. The lowest BCUT2D eigenvalue weighted by Gasteiger charge is -2.72. The molecule has 3 unspecified atom stereocenters. The summed E-state index contributed by atoms with van der Waals surface area (Å²) in [6.45, 7) is 15.1. The fourth-order valence-corrected chi connectivity index (χ4v) is 8.71. The van der Waals surface area contributed by atoms with Gasteiger partial charge in [0.05, 0.1) is 19.3 Å². The number of aliphatic hydroxyl groups is 2. The van der Waals surface area contributed by atoms with Crippen molar-refractivity contribution in [2.75, 3.05) is 7.11 Å². The zero-order chi connectivity index (χ0) is 23.2. The average Bonchev–Trinajstić information content (AvgIpc) is 2.71. The lowest BCUT2D eigenvalue weighted by Crippen LogP contribution is -2.69. The van der Waals surface area contributed by atoms with Crippen molar-refractivity contribution in [2.24, 2.45) is 38.9 Å². The number of esters is 1. The number of aldehydes is 1. The summed E-state index contributed by atoms with van der Waals surface area (Å²) in [6.07, 6.45) is 4.96. The topological polar surface area (TPSA) is 83.8 Å². The third-order valence-corrected chi connectivity index (χ3v) is 10.7. The van der Waals surface area contributed by atoms with Gasteiger partial charge in [0.2, 0.25) is 0 Å². The quantitative estimate of drug-likeness (QED) is 0.395. The predicted molar refractivity (Wildman–Crippen MR) is 118 cm³/mol. The molecule has 2 bridgehead atoms. The molecule has 0 aromatic carbocycles. The normalized spacial score (nSPS) is 50.6. The van der Waals surface area contributed by atoms with E-state index in [2.05, 4.69) is 34.3 Å². The van der Waals surface area contributed by atoms with Crippen LogP contribution in [-0.4, -0.2) is 41.8 Å². The molecule has 0 aromatic heterocycles. The lowest BCUT2D eigenvalue weighted by molar-refractivity contribution is -0.221. The van der Waals surface area contributed by atoms with E-state index in [1.807, 2.05) is 6.92 Å². The van der Waals surface area contributed by atoms with Crippen molar-refractivity contribution in [2.45, 2.75) is 78.9 Å². The molecule has 0 saturated heterocycles. The summed E-state index contributed by atoms with van der Waals surface area (Å²) in [5.74, 6) is 0.0254. The Morgan fingerprint density at radius 1 is 1.13 bits per heavy atom. The molecule has 0 spiro atoms. The zero-order valence-corrected chi connectivity index (χ0v) is 19.8. The van der Waals surface area contributed by atoms with Gasteiger partial charge in [0, 0.05) is 11.0 Å². The van der Waals surface area contributed by atoms with Crippen molar-refractivity contribution in [3.63, 3.8) is 0 Å². The first-order valence-corrected chi connectivity index (χ1v) is 11.6. The minimum Gasteiger partial charge on any atom is -0.468 e. The van der Waals surface area contributed by atoms with Crippen LogP contribution in [0.2, 0.25) is 0 Å². The van der Waals surface area contributed by atoms with Gasteiger partial charge in [-0.25, -0.2) is 0 Å². The number of fused-ring (bicyclic) bond motifs is 6. The molecule has 5 heteroatoms. The van der Waals surface area contributed by atoms with Gasteiger partial charge in [-0.05, 0) is 65.8 Å². The molecule has 4 aliphatic carbocycles. The standard InChI is InChI=1S/C26H38O5/c1-15-24(5)13-18-23(4)10-9-19(28)22(2,3)17(23)8-11-25(18,6)26(15,21(30)31-7)12-16(14-27)20(24)29/h12,14,17-20,28-29H,1,8-11,13H2,2-7H3/t17?,18?,19-,20?,23-,24-,25+,26-/m0/s1. The molecule has 3 saturated carbocycles. The van der Waals surface area contributed by atoms with Crippen LogP contribution in [0.3, 0.4) is 0 Å². The van der Waals surface area contributed by atoms with Crippen LogP contribution in [0.15, 0.2) is 23.8 Å². The molecule has 0 aliphatic heterocycles. The predicted octanol–water partition coefficient (Wildman–Crippen LogP) is 3.83. The largest absolute Gasteiger partial charge is 0.468 e. The average molecular weight is 431 g/mol. The molecule has 31 heavy (non-hydrogen) atoms. The van der Waals surface area contributed by atoms with E-state index >= 15 is 0 Å². The first-order valence-electron chi connectivity index (χ1n) is 11.6. The smallest absolute Gasteiger partial charge is 0.320 e. The van der Waals surface area contributed by atoms with E-state index in [4.69, 9.17) is 4.74 Å². The van der Waals surface area contributed by atoms with Crippen molar-refractivity contribution in [1.29, 1.82) is 0 Å². The number of ether oxygens (including phenoxy) is 1. The van der Waals surface area contributed by atoms with Crippen molar-refractivity contribution < 1.29 is 24.5 Å². The van der Waals surface area contributed by atoms with Crippen LogP contribution >= 0.6 is 0 Å². The molecule has 0 radical (unpaired) electrons. The Hall–Kier alpha value is -1.46. The molecule has 0 heterocycles. The number of methoxy groups -OCH3 is 1. The highest BCUT2D eigenvalue weighted by Crippen LogP contribution is 2.76. The van der Waals surface area contributed by atoms with Crippen LogP contribution in [0, 0.1) is 38.9 Å². The number of aliphatic hydroxyl groups excluding tert-OH is 2. The monoisotopic (exact) mass is 430 g/mol. The fraction of sp³-hybridized carbons (Fsp3) is 0.769. The summed E-state index contributed by atoms with van der Waals surface area (Å²) in [5, 5.41) is 22.0. The molecule has 5 nitrogen and oxygen atoms in total. The van der Waals surface area contributed by atoms with Gasteiger partial charge in [0.25, 0.3) is 0 Å². The van der Waals surface area contributed by atoms with Crippen molar-refractivity contribution in [1.82, 2.24) is 0 Å². The van der Waals surface area contributed by atoms with Crippen molar-refractivity contribution in [3.8, 4) is 0 Å². The second-order valence-electron chi connectivity index (χ2n) is 12.0. The molecule has 4 aliphatic rings. The van der Waals surface area contributed by atoms with Gasteiger partial charge in [-0.2, -0.15) is 0 Å². The Labute approximate surface area is 185 Å². The zero-order valence-electron chi connectivity index (χ0n) is 19.8. The molecular formula is C26H38O5. The number of carbonyl (C=O) groups is 2. The molecule has 3 fully saturated rings. The van der Waals surface area contributed by atoms with Crippen LogP contribution in [0.1, 0.15) is 66.7 Å². The third kappa shape index (κ3) is 2.40. The van der Waals surface area contributed by atoms with Crippen LogP contribution < -0.4 is 0 Å². The van der Waals surface area contributed by atoms with E-state index in [0.717, 1.165) is 25.7 Å². The van der Waals surface area contributed by atoms with E-state index in [0.29, 0.717) is 24.2 Å². The summed E-state index contributed by atoms with van der Waals surface area (Å²) in [4.78, 5) is 25.5. The van der Waals surface area contributed by atoms with Crippen LogP contribution in [0.5, 0.6) is 0 Å². The van der Waals surface area contributed by atoms with Crippen molar-refractivity contribution in [3.05, 3.63) is 23.8 Å². The minimum absolute atomic E-state index is 0.108. The Bertz CT molecular complexity index is 873. The second kappa shape index (κ2) is 6.54. The molecule has 0 amide bonds. The first-order chi connectivity index (χ1) is 14.3. The van der Waals surface area contributed by atoms with Gasteiger partial charge in [-0.3, -0.25) is 9.59 Å². The fourth-order valence-electron chi connectivity index (χ4n) is 8.71. The highest BCUT2D eigenvalue weighted by atomic mass is 16.5. The van der Waals surface area contributed by atoms with Gasteiger partial charge in [-0.1, -0.05) is 47.3 Å². The summed E-state index contributed by atoms with van der Waals surface area (Å²) in [7, 11) is 1.39. The van der Waals surface area contributed by atoms with Gasteiger partial charge < -0.3 is 14.9 Å². The first kappa shape index (κ1) is 22.7. The maximum atomic E-state index is 13.6. The van der Waals surface area contributed by atoms with Gasteiger partial charge in [0.1, 0.15) is 11.7 Å². The lowest BCUT2D eigenvalue weighted by atomic mass is 9.32. The van der Waals surface area contributed by atoms with Crippen LogP contribution in [0.25, 0.3) is 0 Å². The van der Waals surface area contributed by atoms with E-state index in [-0.39, 0.29) is 34.4 Å². The molecule has 8 atom stereocenters. The molecule has 172 valence electrons. The molecule has 0 aromatic rings. The summed E-state index contributed by atoms with van der Waals surface area (Å²) in [6, 6.07) is 0.